The number of para-hydroxylation sites is 1. The van der Waals surface area contributed by atoms with Crippen molar-refractivity contribution in [1.82, 2.24) is 0 Å². The molecule has 0 bridgehead atoms. The van der Waals surface area contributed by atoms with Crippen LogP contribution in [0.3, 0.4) is 0 Å². The Balaban J connectivity index is 1.91. The van der Waals surface area contributed by atoms with Crippen molar-refractivity contribution in [1.29, 1.82) is 0 Å². The molecule has 0 radical (unpaired) electrons. The third kappa shape index (κ3) is 2.29. The smallest absolute Gasteiger partial charge is 0.137 e. The van der Waals surface area contributed by atoms with Gasteiger partial charge in [0.05, 0.1) is 11.1 Å². The van der Waals surface area contributed by atoms with Crippen LogP contribution in [0.1, 0.15) is 0 Å². The summed E-state index contributed by atoms with van der Waals surface area (Å²) in [6.07, 6.45) is 0. The van der Waals surface area contributed by atoms with E-state index in [4.69, 9.17) is 4.42 Å². The Morgan fingerprint density at radius 3 is 2.25 bits per heavy atom. The van der Waals surface area contributed by atoms with Crippen LogP contribution >= 0.6 is 0 Å². The Morgan fingerprint density at radius 2 is 1.42 bits per heavy atom. The molecule has 3 nitrogen and oxygen atoms in total. The zero-order valence-electron chi connectivity index (χ0n) is 14.2. The molecule has 24 heavy (non-hydrogen) atoms. The molecular formula is C21H20N2O. The number of anilines is 3. The lowest BCUT2D eigenvalue weighted by atomic mass is 10.1. The molecule has 0 spiro atoms. The van der Waals surface area contributed by atoms with Gasteiger partial charge in [-0.1, -0.05) is 30.3 Å². The van der Waals surface area contributed by atoms with Crippen LogP contribution < -0.4 is 9.80 Å². The molecule has 4 aromatic rings. The first-order chi connectivity index (χ1) is 11.6. The number of benzene rings is 3. The summed E-state index contributed by atoms with van der Waals surface area (Å²) in [7, 11) is 6.22. The first kappa shape index (κ1) is 14.6. The van der Waals surface area contributed by atoms with Crippen molar-refractivity contribution in [3.8, 4) is 0 Å². The first-order valence-corrected chi connectivity index (χ1v) is 8.06. The van der Waals surface area contributed by atoms with Gasteiger partial charge >= 0.3 is 0 Å². The third-order valence-electron chi connectivity index (χ3n) is 4.48. The van der Waals surface area contributed by atoms with Crippen LogP contribution in [0.4, 0.5) is 17.1 Å². The van der Waals surface area contributed by atoms with Gasteiger partial charge in [0.2, 0.25) is 0 Å². The molecule has 0 aliphatic heterocycles. The van der Waals surface area contributed by atoms with Crippen LogP contribution in [-0.2, 0) is 0 Å². The fraction of sp³-hybridized carbons (Fsp3) is 0.143. The van der Waals surface area contributed by atoms with Crippen molar-refractivity contribution in [2.24, 2.45) is 0 Å². The summed E-state index contributed by atoms with van der Waals surface area (Å²) in [5.41, 5.74) is 5.33. The number of hydrogen-bond acceptors (Lipinski definition) is 3. The predicted molar refractivity (Wildman–Crippen MR) is 103 cm³/mol. The molecule has 0 fully saturated rings. The molecular weight excluding hydrogens is 296 g/mol. The second-order valence-electron chi connectivity index (χ2n) is 6.22. The summed E-state index contributed by atoms with van der Waals surface area (Å²) in [6.45, 7) is 0. The van der Waals surface area contributed by atoms with Gasteiger partial charge in [0, 0.05) is 37.9 Å². The highest BCUT2D eigenvalue weighted by molar-refractivity contribution is 6.12. The second-order valence-corrected chi connectivity index (χ2v) is 6.22. The quantitative estimate of drug-likeness (QED) is 0.503. The van der Waals surface area contributed by atoms with E-state index in [-0.39, 0.29) is 0 Å². The van der Waals surface area contributed by atoms with Gasteiger partial charge < -0.3 is 14.2 Å². The summed E-state index contributed by atoms with van der Waals surface area (Å²) >= 11 is 0. The molecule has 0 aliphatic carbocycles. The van der Waals surface area contributed by atoms with E-state index >= 15 is 0 Å². The van der Waals surface area contributed by atoms with E-state index in [1.165, 1.54) is 5.69 Å². The molecule has 0 amide bonds. The average molecular weight is 316 g/mol. The van der Waals surface area contributed by atoms with Gasteiger partial charge in [0.25, 0.3) is 0 Å². The largest absolute Gasteiger partial charge is 0.456 e. The average Bonchev–Trinajstić information content (AvgIpc) is 3.00. The zero-order valence-corrected chi connectivity index (χ0v) is 14.2. The Morgan fingerprint density at radius 1 is 0.708 bits per heavy atom. The van der Waals surface area contributed by atoms with E-state index in [1.54, 1.807) is 0 Å². The van der Waals surface area contributed by atoms with Crippen LogP contribution in [0.25, 0.3) is 21.9 Å². The Kier molecular flexibility index (Phi) is 3.42. The van der Waals surface area contributed by atoms with Crippen molar-refractivity contribution >= 4 is 39.0 Å². The molecule has 0 saturated carbocycles. The van der Waals surface area contributed by atoms with E-state index < -0.39 is 0 Å². The first-order valence-electron chi connectivity index (χ1n) is 8.06. The molecule has 1 aromatic heterocycles. The summed E-state index contributed by atoms with van der Waals surface area (Å²) in [5, 5.41) is 2.31. The topological polar surface area (TPSA) is 19.6 Å². The maximum absolute atomic E-state index is 6.01. The summed E-state index contributed by atoms with van der Waals surface area (Å²) < 4.78 is 6.01. The van der Waals surface area contributed by atoms with Gasteiger partial charge in [-0.15, -0.1) is 0 Å². The van der Waals surface area contributed by atoms with Gasteiger partial charge in [-0.25, -0.2) is 0 Å². The lowest BCUT2D eigenvalue weighted by Crippen LogP contribution is -2.12. The Labute approximate surface area is 141 Å². The minimum atomic E-state index is 0.921. The number of rotatable bonds is 3. The molecule has 0 atom stereocenters. The lowest BCUT2D eigenvalue weighted by molar-refractivity contribution is 0.669. The van der Waals surface area contributed by atoms with Crippen molar-refractivity contribution in [2.45, 2.75) is 0 Å². The fourth-order valence-electron chi connectivity index (χ4n) is 3.15. The minimum absolute atomic E-state index is 0.921. The monoisotopic (exact) mass is 316 g/mol. The maximum atomic E-state index is 6.01. The van der Waals surface area contributed by atoms with E-state index in [9.17, 15) is 0 Å². The van der Waals surface area contributed by atoms with Crippen molar-refractivity contribution in [3.05, 3.63) is 66.7 Å². The van der Waals surface area contributed by atoms with Crippen molar-refractivity contribution in [2.75, 3.05) is 30.9 Å². The number of nitrogens with zero attached hydrogens (tertiary/aromatic N) is 2. The SMILES string of the molecule is CN(C)c1cccc(N(C)c2cccc3oc4ccccc4c23)c1. The number of fused-ring (bicyclic) bond motifs is 3. The lowest BCUT2D eigenvalue weighted by Gasteiger charge is -2.22. The van der Waals surface area contributed by atoms with Gasteiger partial charge in [0.15, 0.2) is 0 Å². The van der Waals surface area contributed by atoms with Gasteiger partial charge in [-0.05, 0) is 36.4 Å². The van der Waals surface area contributed by atoms with E-state index in [1.807, 2.05) is 24.3 Å². The number of furan rings is 1. The molecule has 0 aliphatic rings. The van der Waals surface area contributed by atoms with Crippen LogP contribution in [-0.4, -0.2) is 21.1 Å². The summed E-state index contributed by atoms with van der Waals surface area (Å²) in [5.74, 6) is 0. The minimum Gasteiger partial charge on any atom is -0.456 e. The molecule has 3 aromatic carbocycles. The summed E-state index contributed by atoms with van der Waals surface area (Å²) in [4.78, 5) is 4.34. The Bertz CT molecular complexity index is 1020. The number of hydrogen-bond donors (Lipinski definition) is 0. The predicted octanol–water partition coefficient (Wildman–Crippen LogP) is 5.42. The van der Waals surface area contributed by atoms with Crippen molar-refractivity contribution in [3.63, 3.8) is 0 Å². The summed E-state index contributed by atoms with van der Waals surface area (Å²) in [6, 6.07) is 23.0. The van der Waals surface area contributed by atoms with E-state index in [2.05, 4.69) is 73.4 Å². The van der Waals surface area contributed by atoms with Gasteiger partial charge in [-0.2, -0.15) is 0 Å². The highest BCUT2D eigenvalue weighted by atomic mass is 16.3. The van der Waals surface area contributed by atoms with E-state index in [0.717, 1.165) is 33.3 Å². The third-order valence-corrected chi connectivity index (χ3v) is 4.48. The van der Waals surface area contributed by atoms with Crippen molar-refractivity contribution < 1.29 is 4.42 Å². The normalized spacial score (nSPS) is 11.1. The van der Waals surface area contributed by atoms with Crippen LogP contribution in [0.2, 0.25) is 0 Å². The highest BCUT2D eigenvalue weighted by Crippen LogP contribution is 2.38. The van der Waals surface area contributed by atoms with Gasteiger partial charge in [-0.3, -0.25) is 0 Å². The second kappa shape index (κ2) is 5.60. The Hall–Kier alpha value is -2.94. The van der Waals surface area contributed by atoms with Crippen LogP contribution in [0.15, 0.2) is 71.1 Å². The zero-order chi connectivity index (χ0) is 16.7. The molecule has 4 rings (SSSR count). The van der Waals surface area contributed by atoms with Crippen LogP contribution in [0, 0.1) is 0 Å². The molecule has 120 valence electrons. The maximum Gasteiger partial charge on any atom is 0.137 e. The van der Waals surface area contributed by atoms with E-state index in [0.29, 0.717) is 0 Å². The highest BCUT2D eigenvalue weighted by Gasteiger charge is 2.14. The molecule has 3 heteroatoms. The molecule has 0 saturated heterocycles. The van der Waals surface area contributed by atoms with Crippen LogP contribution in [0.5, 0.6) is 0 Å². The standard InChI is InChI=1S/C21H20N2O/c1-22(2)15-8-6-9-16(14-15)23(3)18-11-7-13-20-21(18)17-10-4-5-12-19(17)24-20/h4-14H,1-3H3. The van der Waals surface area contributed by atoms with Gasteiger partial charge in [0.1, 0.15) is 11.2 Å². The molecule has 0 unspecified atom stereocenters. The fourth-order valence-corrected chi connectivity index (χ4v) is 3.15. The molecule has 1 heterocycles. The molecule has 0 N–H and O–H groups in total.